The number of carbonyl (C=O) groups is 3. The summed E-state index contributed by atoms with van der Waals surface area (Å²) >= 11 is 0. The van der Waals surface area contributed by atoms with Gasteiger partial charge in [-0.1, -0.05) is 62.4 Å². The molecule has 1 saturated carbocycles. The SMILES string of the molecule is Cc1cc(C)cc(C(C(=O)NC2CCCCC2)N(C(=O)C(CC(C)C)NC(=O)OC(C)(C)C)C(C)C)c1. The van der Waals surface area contributed by atoms with Crippen LogP contribution in [0.3, 0.4) is 0 Å². The number of benzene rings is 1. The fourth-order valence-electron chi connectivity index (χ4n) is 5.14. The molecular formula is C30H49N3O4. The summed E-state index contributed by atoms with van der Waals surface area (Å²) in [5.41, 5.74) is 2.17. The molecule has 0 spiro atoms. The minimum Gasteiger partial charge on any atom is -0.444 e. The van der Waals surface area contributed by atoms with E-state index in [4.69, 9.17) is 4.74 Å². The molecule has 2 rings (SSSR count). The Morgan fingerprint density at radius 1 is 0.973 bits per heavy atom. The van der Waals surface area contributed by atoms with E-state index in [0.29, 0.717) is 6.42 Å². The molecule has 2 N–H and O–H groups in total. The zero-order chi connectivity index (χ0) is 27.9. The van der Waals surface area contributed by atoms with Crippen molar-refractivity contribution in [2.45, 2.75) is 131 Å². The highest BCUT2D eigenvalue weighted by Gasteiger charge is 2.38. The van der Waals surface area contributed by atoms with Gasteiger partial charge in [-0.2, -0.15) is 0 Å². The van der Waals surface area contributed by atoms with E-state index in [1.165, 1.54) is 6.42 Å². The van der Waals surface area contributed by atoms with Gasteiger partial charge in [0, 0.05) is 12.1 Å². The first-order valence-corrected chi connectivity index (χ1v) is 13.9. The second-order valence-corrected chi connectivity index (χ2v) is 12.3. The number of amides is 3. The molecule has 7 heteroatoms. The lowest BCUT2D eigenvalue weighted by Crippen LogP contribution is -2.56. The average Bonchev–Trinajstić information content (AvgIpc) is 2.74. The normalized spacial score (nSPS) is 16.3. The van der Waals surface area contributed by atoms with Gasteiger partial charge in [0.05, 0.1) is 0 Å². The van der Waals surface area contributed by atoms with Gasteiger partial charge in [0.25, 0.3) is 0 Å². The number of hydrogen-bond acceptors (Lipinski definition) is 4. The van der Waals surface area contributed by atoms with Crippen LogP contribution in [0.2, 0.25) is 0 Å². The van der Waals surface area contributed by atoms with Crippen molar-refractivity contribution in [1.82, 2.24) is 15.5 Å². The molecule has 7 nitrogen and oxygen atoms in total. The molecule has 0 bridgehead atoms. The second kappa shape index (κ2) is 13.3. The van der Waals surface area contributed by atoms with Crippen LogP contribution < -0.4 is 10.6 Å². The number of carbonyl (C=O) groups excluding carboxylic acids is 3. The standard InChI is InChI=1S/C30H49N3O4/c1-19(2)15-25(32-29(36)37-30(7,8)9)28(35)33(20(3)4)26(23-17-21(5)16-22(6)18-23)27(34)31-24-13-11-10-12-14-24/h16-20,24-26H,10-15H2,1-9H3,(H,31,34)(H,32,36). The summed E-state index contributed by atoms with van der Waals surface area (Å²) < 4.78 is 5.46. The molecule has 2 unspecified atom stereocenters. The van der Waals surface area contributed by atoms with Crippen LogP contribution in [0.1, 0.15) is 110 Å². The van der Waals surface area contributed by atoms with Crippen molar-refractivity contribution >= 4 is 17.9 Å². The van der Waals surface area contributed by atoms with Crippen molar-refractivity contribution in [3.05, 3.63) is 34.9 Å². The maximum absolute atomic E-state index is 14.2. The minimum atomic E-state index is -0.812. The summed E-state index contributed by atoms with van der Waals surface area (Å²) in [6.07, 6.45) is 5.10. The van der Waals surface area contributed by atoms with Gasteiger partial charge in [0.2, 0.25) is 11.8 Å². The molecule has 0 aromatic heterocycles. The van der Waals surface area contributed by atoms with E-state index in [9.17, 15) is 14.4 Å². The highest BCUT2D eigenvalue weighted by Crippen LogP contribution is 2.29. The van der Waals surface area contributed by atoms with E-state index in [1.807, 2.05) is 53.7 Å². The summed E-state index contributed by atoms with van der Waals surface area (Å²) in [4.78, 5) is 42.4. The van der Waals surface area contributed by atoms with Crippen molar-refractivity contribution in [3.63, 3.8) is 0 Å². The van der Waals surface area contributed by atoms with Crippen molar-refractivity contribution in [2.75, 3.05) is 0 Å². The first-order valence-electron chi connectivity index (χ1n) is 13.9. The van der Waals surface area contributed by atoms with Gasteiger partial charge in [-0.25, -0.2) is 4.79 Å². The lowest BCUT2D eigenvalue weighted by Gasteiger charge is -2.38. The Kier molecular flexibility index (Phi) is 11.0. The molecule has 2 atom stereocenters. The molecule has 0 heterocycles. The third-order valence-corrected chi connectivity index (χ3v) is 6.54. The first kappa shape index (κ1) is 30.7. The lowest BCUT2D eigenvalue weighted by atomic mass is 9.93. The van der Waals surface area contributed by atoms with Crippen LogP contribution in [0.25, 0.3) is 0 Å². The van der Waals surface area contributed by atoms with Crippen LogP contribution in [-0.2, 0) is 14.3 Å². The van der Waals surface area contributed by atoms with Crippen LogP contribution in [-0.4, -0.2) is 46.5 Å². The number of aryl methyl sites for hydroxylation is 2. The molecule has 208 valence electrons. The van der Waals surface area contributed by atoms with Gasteiger partial charge in [-0.3, -0.25) is 9.59 Å². The summed E-state index contributed by atoms with van der Waals surface area (Å²) in [7, 11) is 0. The minimum absolute atomic E-state index is 0.116. The van der Waals surface area contributed by atoms with E-state index in [1.54, 1.807) is 25.7 Å². The second-order valence-electron chi connectivity index (χ2n) is 12.3. The fraction of sp³-hybridized carbons (Fsp3) is 0.700. The Labute approximate surface area is 224 Å². The highest BCUT2D eigenvalue weighted by molar-refractivity contribution is 5.92. The fourth-order valence-corrected chi connectivity index (χ4v) is 5.14. The highest BCUT2D eigenvalue weighted by atomic mass is 16.6. The van der Waals surface area contributed by atoms with E-state index in [2.05, 4.69) is 16.7 Å². The number of nitrogens with zero attached hydrogens (tertiary/aromatic N) is 1. The number of rotatable bonds is 9. The van der Waals surface area contributed by atoms with Crippen LogP contribution in [0.15, 0.2) is 18.2 Å². The Morgan fingerprint density at radius 2 is 1.54 bits per heavy atom. The summed E-state index contributed by atoms with van der Waals surface area (Å²) in [6.45, 7) is 17.2. The number of hydrogen-bond donors (Lipinski definition) is 2. The molecule has 0 radical (unpaired) electrons. The third-order valence-electron chi connectivity index (χ3n) is 6.54. The van der Waals surface area contributed by atoms with E-state index in [0.717, 1.165) is 42.4 Å². The van der Waals surface area contributed by atoms with E-state index < -0.39 is 23.8 Å². The Balaban J connectivity index is 2.48. The molecule has 1 aromatic rings. The number of nitrogens with one attached hydrogen (secondary N) is 2. The molecular weight excluding hydrogens is 466 g/mol. The van der Waals surface area contributed by atoms with Gasteiger partial charge in [0.1, 0.15) is 17.7 Å². The third kappa shape index (κ3) is 9.67. The number of alkyl carbamates (subject to hydrolysis) is 1. The summed E-state index contributed by atoms with van der Waals surface area (Å²) in [5, 5.41) is 6.06. The predicted molar refractivity (Wildman–Crippen MR) is 148 cm³/mol. The molecule has 1 aliphatic carbocycles. The lowest BCUT2D eigenvalue weighted by molar-refractivity contribution is -0.145. The van der Waals surface area contributed by atoms with Gasteiger partial charge in [0.15, 0.2) is 0 Å². The van der Waals surface area contributed by atoms with Crippen LogP contribution in [0.4, 0.5) is 4.79 Å². The summed E-state index contributed by atoms with van der Waals surface area (Å²) in [6, 6.07) is 4.26. The Bertz CT molecular complexity index is 909. The molecule has 1 fully saturated rings. The molecule has 0 aliphatic heterocycles. The van der Waals surface area contributed by atoms with Crippen molar-refractivity contribution in [2.24, 2.45) is 5.92 Å². The van der Waals surface area contributed by atoms with Gasteiger partial charge < -0.3 is 20.3 Å². The largest absolute Gasteiger partial charge is 0.444 e. The zero-order valence-electron chi connectivity index (χ0n) is 24.4. The van der Waals surface area contributed by atoms with Crippen molar-refractivity contribution in [3.8, 4) is 0 Å². The van der Waals surface area contributed by atoms with Crippen LogP contribution in [0.5, 0.6) is 0 Å². The maximum atomic E-state index is 14.2. The summed E-state index contributed by atoms with van der Waals surface area (Å²) in [5.74, 6) is -0.300. The van der Waals surface area contributed by atoms with Gasteiger partial charge in [-0.15, -0.1) is 0 Å². The monoisotopic (exact) mass is 515 g/mol. The molecule has 1 aromatic carbocycles. The predicted octanol–water partition coefficient (Wildman–Crippen LogP) is 5.97. The van der Waals surface area contributed by atoms with Gasteiger partial charge >= 0.3 is 6.09 Å². The topological polar surface area (TPSA) is 87.7 Å². The van der Waals surface area contributed by atoms with Crippen molar-refractivity contribution < 1.29 is 19.1 Å². The molecule has 3 amide bonds. The molecule has 37 heavy (non-hydrogen) atoms. The van der Waals surface area contributed by atoms with Crippen molar-refractivity contribution in [1.29, 1.82) is 0 Å². The molecule has 1 aliphatic rings. The van der Waals surface area contributed by atoms with Crippen LogP contribution >= 0.6 is 0 Å². The Hall–Kier alpha value is -2.57. The Morgan fingerprint density at radius 3 is 2.03 bits per heavy atom. The smallest absolute Gasteiger partial charge is 0.408 e. The maximum Gasteiger partial charge on any atom is 0.408 e. The first-order chi connectivity index (χ1) is 17.2. The van der Waals surface area contributed by atoms with Crippen LogP contribution in [0, 0.1) is 19.8 Å². The van der Waals surface area contributed by atoms with Gasteiger partial charge in [-0.05, 0) is 79.2 Å². The quantitative estimate of drug-likeness (QED) is 0.424. The van der Waals surface area contributed by atoms with E-state index in [-0.39, 0.29) is 29.8 Å². The zero-order valence-corrected chi connectivity index (χ0v) is 24.4. The number of ether oxygens (including phenoxy) is 1. The van der Waals surface area contributed by atoms with E-state index >= 15 is 0 Å². The average molecular weight is 516 g/mol. The molecule has 0 saturated heterocycles.